The fourth-order valence-corrected chi connectivity index (χ4v) is 3.36. The molecule has 4 nitrogen and oxygen atoms in total. The number of nitrogens with one attached hydrogen (secondary N) is 1. The van der Waals surface area contributed by atoms with Gasteiger partial charge in [-0.3, -0.25) is 4.79 Å². The highest BCUT2D eigenvalue weighted by atomic mass is 16.1. The molecule has 0 unspecified atom stereocenters. The monoisotopic (exact) mass is 355 g/mol. The first-order valence-electron chi connectivity index (χ1n) is 9.09. The van der Waals surface area contributed by atoms with Crippen molar-refractivity contribution in [2.45, 2.75) is 18.9 Å². The van der Waals surface area contributed by atoms with Crippen LogP contribution in [0.15, 0.2) is 91.3 Å². The minimum Gasteiger partial charge on any atom is -0.349 e. The van der Waals surface area contributed by atoms with E-state index in [-0.39, 0.29) is 11.8 Å². The number of benzene rings is 2. The van der Waals surface area contributed by atoms with Crippen LogP contribution in [0.5, 0.6) is 0 Å². The molecular formula is C23H21N3O. The maximum Gasteiger partial charge on any atom is 0.221 e. The molecule has 1 amide bonds. The minimum atomic E-state index is 0.0142. The molecule has 4 heteroatoms. The van der Waals surface area contributed by atoms with E-state index in [2.05, 4.69) is 34.6 Å². The summed E-state index contributed by atoms with van der Waals surface area (Å²) in [7, 11) is 0. The van der Waals surface area contributed by atoms with Crippen LogP contribution in [-0.4, -0.2) is 15.3 Å². The predicted octanol–water partition coefficient (Wildman–Crippen LogP) is 4.17. The first kappa shape index (κ1) is 17.0. The molecule has 0 saturated carbocycles. The third-order valence-electron chi connectivity index (χ3n) is 4.75. The zero-order chi connectivity index (χ0) is 18.5. The number of nitrogens with zero attached hydrogens (tertiary/aromatic N) is 2. The lowest BCUT2D eigenvalue weighted by molar-refractivity contribution is -0.121. The summed E-state index contributed by atoms with van der Waals surface area (Å²) in [6.45, 7) is 0.410. The smallest absolute Gasteiger partial charge is 0.221 e. The van der Waals surface area contributed by atoms with Crippen LogP contribution in [0.4, 0.5) is 0 Å². The third-order valence-corrected chi connectivity index (χ3v) is 4.75. The number of hydrogen-bond donors (Lipinski definition) is 1. The molecular weight excluding hydrogens is 334 g/mol. The Kier molecular flexibility index (Phi) is 4.97. The first-order chi connectivity index (χ1) is 13.3. The van der Waals surface area contributed by atoms with Crippen LogP contribution in [0.1, 0.15) is 29.3 Å². The second-order valence-corrected chi connectivity index (χ2v) is 6.52. The van der Waals surface area contributed by atoms with Crippen molar-refractivity contribution < 1.29 is 4.79 Å². The van der Waals surface area contributed by atoms with E-state index in [4.69, 9.17) is 0 Å². The number of aromatic nitrogens is 2. The van der Waals surface area contributed by atoms with Gasteiger partial charge in [-0.2, -0.15) is 0 Å². The van der Waals surface area contributed by atoms with Crippen molar-refractivity contribution in [2.75, 3.05) is 0 Å². The zero-order valence-corrected chi connectivity index (χ0v) is 15.0. The molecule has 0 atom stereocenters. The van der Waals surface area contributed by atoms with Gasteiger partial charge in [-0.25, -0.2) is 4.98 Å². The molecule has 2 aromatic carbocycles. The highest BCUT2D eigenvalue weighted by Crippen LogP contribution is 2.27. The summed E-state index contributed by atoms with van der Waals surface area (Å²) in [6.07, 6.45) is 4.18. The van der Waals surface area contributed by atoms with Crippen molar-refractivity contribution in [1.82, 2.24) is 14.7 Å². The molecule has 0 radical (unpaired) electrons. The summed E-state index contributed by atoms with van der Waals surface area (Å²) in [5, 5.41) is 3.02. The number of carbonyl (C=O) groups is 1. The lowest BCUT2D eigenvalue weighted by Crippen LogP contribution is -2.26. The lowest BCUT2D eigenvalue weighted by atomic mass is 9.88. The van der Waals surface area contributed by atoms with E-state index in [0.717, 1.165) is 22.5 Å². The van der Waals surface area contributed by atoms with Crippen LogP contribution in [-0.2, 0) is 11.3 Å². The normalized spacial score (nSPS) is 11.0. The molecule has 0 fully saturated rings. The number of hydrogen-bond acceptors (Lipinski definition) is 2. The Bertz CT molecular complexity index is 986. The Morgan fingerprint density at radius 2 is 1.52 bits per heavy atom. The van der Waals surface area contributed by atoms with Gasteiger partial charge in [0.1, 0.15) is 5.82 Å². The standard InChI is InChI=1S/C23H21N3O/c27-23(25-17-22-24-16-20-13-7-8-14-26(20)22)15-21(18-9-3-1-4-10-18)19-11-5-2-6-12-19/h1-14,16,21H,15,17H2,(H,25,27). The second-order valence-electron chi connectivity index (χ2n) is 6.52. The van der Waals surface area contributed by atoms with E-state index in [1.807, 2.05) is 71.4 Å². The number of pyridine rings is 1. The van der Waals surface area contributed by atoms with Gasteiger partial charge in [0.2, 0.25) is 5.91 Å². The van der Waals surface area contributed by atoms with E-state index in [1.165, 1.54) is 0 Å². The Balaban J connectivity index is 1.49. The van der Waals surface area contributed by atoms with Crippen molar-refractivity contribution >= 4 is 11.4 Å². The van der Waals surface area contributed by atoms with Gasteiger partial charge in [0.25, 0.3) is 0 Å². The third kappa shape index (κ3) is 3.90. The van der Waals surface area contributed by atoms with E-state index < -0.39 is 0 Å². The molecule has 0 aliphatic rings. The molecule has 4 rings (SSSR count). The maximum atomic E-state index is 12.7. The molecule has 4 aromatic rings. The number of fused-ring (bicyclic) bond motifs is 1. The van der Waals surface area contributed by atoms with Crippen LogP contribution >= 0.6 is 0 Å². The van der Waals surface area contributed by atoms with Gasteiger partial charge in [0.05, 0.1) is 18.3 Å². The molecule has 0 aliphatic carbocycles. The van der Waals surface area contributed by atoms with Gasteiger partial charge >= 0.3 is 0 Å². The predicted molar refractivity (Wildman–Crippen MR) is 106 cm³/mol. The van der Waals surface area contributed by atoms with E-state index in [1.54, 1.807) is 0 Å². The van der Waals surface area contributed by atoms with Crippen LogP contribution in [0.2, 0.25) is 0 Å². The van der Waals surface area contributed by atoms with E-state index in [0.29, 0.717) is 13.0 Å². The van der Waals surface area contributed by atoms with Crippen LogP contribution in [0.3, 0.4) is 0 Å². The molecule has 2 aromatic heterocycles. The number of rotatable bonds is 6. The molecule has 0 aliphatic heterocycles. The number of imidazole rings is 1. The van der Waals surface area contributed by atoms with Crippen molar-refractivity contribution in [3.63, 3.8) is 0 Å². The van der Waals surface area contributed by atoms with Crippen LogP contribution < -0.4 is 5.32 Å². The summed E-state index contributed by atoms with van der Waals surface area (Å²) in [5.74, 6) is 0.875. The Morgan fingerprint density at radius 1 is 0.889 bits per heavy atom. The van der Waals surface area contributed by atoms with Gasteiger partial charge in [-0.1, -0.05) is 66.7 Å². The number of amides is 1. The van der Waals surface area contributed by atoms with E-state index in [9.17, 15) is 4.79 Å². The summed E-state index contributed by atoms with van der Waals surface area (Å²) in [4.78, 5) is 17.1. The Labute approximate surface area is 158 Å². The molecule has 27 heavy (non-hydrogen) atoms. The highest BCUT2D eigenvalue weighted by Gasteiger charge is 2.18. The van der Waals surface area contributed by atoms with Gasteiger partial charge in [0.15, 0.2) is 0 Å². The fourth-order valence-electron chi connectivity index (χ4n) is 3.36. The van der Waals surface area contributed by atoms with Gasteiger partial charge in [-0.15, -0.1) is 0 Å². The van der Waals surface area contributed by atoms with Crippen LogP contribution in [0.25, 0.3) is 5.52 Å². The Morgan fingerprint density at radius 3 is 2.19 bits per heavy atom. The summed E-state index contributed by atoms with van der Waals surface area (Å²) in [6, 6.07) is 26.3. The molecule has 0 saturated heterocycles. The molecule has 0 spiro atoms. The topological polar surface area (TPSA) is 46.4 Å². The first-order valence-corrected chi connectivity index (χ1v) is 9.09. The van der Waals surface area contributed by atoms with Crippen molar-refractivity contribution in [3.05, 3.63) is 108 Å². The SMILES string of the molecule is O=C(CC(c1ccccc1)c1ccccc1)NCc1ncc2ccccn12. The molecule has 1 N–H and O–H groups in total. The molecule has 0 bridgehead atoms. The molecule has 2 heterocycles. The second kappa shape index (κ2) is 7.87. The zero-order valence-electron chi connectivity index (χ0n) is 15.0. The Hall–Kier alpha value is -3.40. The largest absolute Gasteiger partial charge is 0.349 e. The number of carbonyl (C=O) groups excluding carboxylic acids is 1. The quantitative estimate of drug-likeness (QED) is 0.564. The summed E-state index contributed by atoms with van der Waals surface area (Å²) < 4.78 is 1.99. The average molecular weight is 355 g/mol. The average Bonchev–Trinajstić information content (AvgIpc) is 3.15. The van der Waals surface area contributed by atoms with Crippen molar-refractivity contribution in [1.29, 1.82) is 0 Å². The maximum absolute atomic E-state index is 12.7. The lowest BCUT2D eigenvalue weighted by Gasteiger charge is -2.17. The van der Waals surface area contributed by atoms with Gasteiger partial charge in [-0.05, 0) is 23.3 Å². The van der Waals surface area contributed by atoms with Crippen molar-refractivity contribution in [2.24, 2.45) is 0 Å². The molecule has 134 valence electrons. The van der Waals surface area contributed by atoms with Gasteiger partial charge < -0.3 is 9.72 Å². The van der Waals surface area contributed by atoms with Gasteiger partial charge in [0, 0.05) is 18.5 Å². The van der Waals surface area contributed by atoms with Crippen molar-refractivity contribution in [3.8, 4) is 0 Å². The highest BCUT2D eigenvalue weighted by molar-refractivity contribution is 5.77. The van der Waals surface area contributed by atoms with Crippen LogP contribution in [0, 0.1) is 0 Å². The van der Waals surface area contributed by atoms with E-state index >= 15 is 0 Å². The minimum absolute atomic E-state index is 0.0142. The summed E-state index contributed by atoms with van der Waals surface area (Å²) >= 11 is 0. The fraction of sp³-hybridized carbons (Fsp3) is 0.130. The summed E-state index contributed by atoms with van der Waals surface area (Å²) in [5.41, 5.74) is 3.31.